The number of hydrogen-bond donors (Lipinski definition) is 6. The number of aliphatic hydroxyl groups excluding tert-OH is 1. The zero-order valence-electron chi connectivity index (χ0n) is 44.7. The van der Waals surface area contributed by atoms with Crippen molar-refractivity contribution in [1.29, 1.82) is 0 Å². The van der Waals surface area contributed by atoms with Crippen LogP contribution in [0.1, 0.15) is 109 Å². The number of ether oxygens (including phenoxy) is 4. The number of nitrogens with one attached hydrogen (secondary N) is 1. The average molecular weight is 1020 g/mol. The molecule has 1 fully saturated rings. The van der Waals surface area contributed by atoms with Crippen LogP contribution >= 0.6 is 0 Å². The lowest BCUT2D eigenvalue weighted by Crippen LogP contribution is -2.46. The first-order valence-corrected chi connectivity index (χ1v) is 26.0. The predicted molar refractivity (Wildman–Crippen MR) is 283 cm³/mol. The van der Waals surface area contributed by atoms with Crippen LogP contribution in [0.5, 0.6) is 17.2 Å². The van der Waals surface area contributed by atoms with Gasteiger partial charge in [0.05, 0.1) is 34.8 Å². The summed E-state index contributed by atoms with van der Waals surface area (Å²) in [6.45, 7) is 18.6. The molecular formula is C57H77N7O10. The van der Waals surface area contributed by atoms with Crippen molar-refractivity contribution in [2.45, 2.75) is 131 Å². The Morgan fingerprint density at radius 2 is 1.70 bits per heavy atom. The van der Waals surface area contributed by atoms with Crippen molar-refractivity contribution in [3.05, 3.63) is 106 Å². The van der Waals surface area contributed by atoms with Gasteiger partial charge in [-0.2, -0.15) is 0 Å². The lowest BCUT2D eigenvalue weighted by Gasteiger charge is -2.37. The SMILES string of the molecule is CO[C@H]1/C=C/OC2(C)Oc3c(C)c(O)c4c(O)c(c5c(c4c3C2=O)=NC2(CCN(CC(C)C)CC2)N=5)NC(=O)/C(C)=C\C=C\C(C)C[C@@H](C)C(O)[C@@H](C)C(OC(=O)CN(N)/C=C(\N)CCCc2ccccc2)[C@@H]1C. The van der Waals surface area contributed by atoms with E-state index in [0.717, 1.165) is 19.4 Å². The fraction of sp³-hybridized carbons (Fsp3) is 0.526. The number of piperidine rings is 1. The van der Waals surface area contributed by atoms with Gasteiger partial charge in [-0.05, 0) is 68.9 Å². The molecule has 8 rings (SSSR count). The van der Waals surface area contributed by atoms with Gasteiger partial charge in [0, 0.05) is 86.8 Å². The largest absolute Gasteiger partial charge is 0.507 e. The number of likely N-dealkylation sites (tertiary alicyclic amines) is 1. The molecule has 74 heavy (non-hydrogen) atoms. The summed E-state index contributed by atoms with van der Waals surface area (Å²) < 4.78 is 24.8. The molecule has 1 saturated heterocycles. The van der Waals surface area contributed by atoms with Crippen LogP contribution < -0.4 is 32.3 Å². The van der Waals surface area contributed by atoms with E-state index in [-0.39, 0.29) is 68.2 Å². The van der Waals surface area contributed by atoms with Crippen LogP contribution in [-0.2, 0) is 30.2 Å². The van der Waals surface area contributed by atoms with Gasteiger partial charge in [0.15, 0.2) is 11.4 Å². The molecule has 5 aliphatic heterocycles. The Labute approximate surface area is 434 Å². The number of hydrogen-bond acceptors (Lipinski definition) is 16. The number of allylic oxidation sites excluding steroid dienone is 4. The number of methoxy groups -OCH3 is 1. The van der Waals surface area contributed by atoms with Crippen molar-refractivity contribution in [3.63, 3.8) is 0 Å². The highest BCUT2D eigenvalue weighted by molar-refractivity contribution is 6.19. The molecule has 4 unspecified atom stereocenters. The molecule has 1 amide bonds. The second kappa shape index (κ2) is 23.1. The van der Waals surface area contributed by atoms with E-state index in [2.05, 4.69) is 36.2 Å². The second-order valence-electron chi connectivity index (χ2n) is 21.5. The monoisotopic (exact) mass is 1020 g/mol. The molecule has 1 spiro atoms. The van der Waals surface area contributed by atoms with Crippen LogP contribution in [0.15, 0.2) is 88.4 Å². The highest BCUT2D eigenvalue weighted by Crippen LogP contribution is 2.50. The number of phenols is 2. The smallest absolute Gasteiger partial charge is 0.327 e. The summed E-state index contributed by atoms with van der Waals surface area (Å²) in [7, 11) is 1.49. The van der Waals surface area contributed by atoms with Crippen molar-refractivity contribution in [1.82, 2.24) is 9.91 Å². The van der Waals surface area contributed by atoms with Crippen LogP contribution in [0.4, 0.5) is 5.69 Å². The molecule has 8 atom stereocenters. The van der Waals surface area contributed by atoms with Gasteiger partial charge in [0.1, 0.15) is 35.2 Å². The molecule has 17 heteroatoms. The maximum absolute atomic E-state index is 15.0. The van der Waals surface area contributed by atoms with Gasteiger partial charge in [-0.25, -0.2) is 5.84 Å². The van der Waals surface area contributed by atoms with Crippen molar-refractivity contribution in [3.8, 4) is 17.2 Å². The lowest BCUT2D eigenvalue weighted by molar-refractivity contribution is -0.162. The van der Waals surface area contributed by atoms with E-state index in [1.165, 1.54) is 37.1 Å². The number of hydrazine groups is 1. The maximum Gasteiger partial charge on any atom is 0.327 e. The van der Waals surface area contributed by atoms with E-state index in [4.69, 9.17) is 40.5 Å². The van der Waals surface area contributed by atoms with Crippen LogP contribution in [0.25, 0.3) is 10.8 Å². The number of ketones is 1. The van der Waals surface area contributed by atoms with Gasteiger partial charge >= 0.3 is 11.8 Å². The Morgan fingerprint density at radius 1 is 1.01 bits per heavy atom. The fourth-order valence-electron chi connectivity index (χ4n) is 10.9. The third kappa shape index (κ3) is 12.0. The molecule has 5 bridgehead atoms. The summed E-state index contributed by atoms with van der Waals surface area (Å²) >= 11 is 0. The fourth-order valence-corrected chi connectivity index (χ4v) is 10.9. The zero-order valence-corrected chi connectivity index (χ0v) is 44.7. The molecule has 3 aromatic carbocycles. The van der Waals surface area contributed by atoms with E-state index in [1.54, 1.807) is 32.1 Å². The maximum atomic E-state index is 15.0. The number of amides is 1. The number of Topliss-reactive ketones (excluding diaryl/α,β-unsaturated/α-hetero) is 1. The molecule has 5 aliphatic rings. The Balaban J connectivity index is 1.24. The number of phenolic OH excluding ortho intramolecular Hbond substituents is 2. The molecular weight excluding hydrogens is 943 g/mol. The van der Waals surface area contributed by atoms with Crippen molar-refractivity contribution in [2.24, 2.45) is 51.2 Å². The van der Waals surface area contributed by atoms with Crippen LogP contribution in [0, 0.1) is 36.5 Å². The first-order valence-electron chi connectivity index (χ1n) is 26.0. The quantitative estimate of drug-likeness (QED) is 0.0504. The first-order chi connectivity index (χ1) is 35.1. The molecule has 400 valence electrons. The van der Waals surface area contributed by atoms with Crippen LogP contribution in [-0.4, -0.2) is 106 Å². The topological polar surface area (TPSA) is 244 Å². The molecule has 8 N–H and O–H groups in total. The third-order valence-corrected chi connectivity index (χ3v) is 15.0. The standard InChI is InChI=1S/C57H77N7O10/c1-32(2)29-63-25-23-57(24-26-63)61-46-43-44-50(67)38(8)53-45(43)54(69)56(9,74-53)72-27-22-41(71-10)36(6)52(73-42(65)31-64(59)30-40(58)21-15-20-39-18-12-11-13-19-39)37(7)49(66)35(5)28-33(3)16-14-17-34(4)55(70)60-48(51(44)68)47(46)62-57/h11-14,16-19,22,27,30,32-33,35-37,41,49,52,66-68H,15,20-21,23-26,28-29,31,58-59H2,1-10H3,(H,60,70)/b16-14+,27-22+,34-17-,40-30-/t33?,35-,36-,37-,41+,49?,52?,56?/m1/s1. The Bertz CT molecular complexity index is 2840. The van der Waals surface area contributed by atoms with Crippen LogP contribution in [0.3, 0.4) is 0 Å². The number of aryl methyl sites for hydroxylation is 1. The molecule has 3 aromatic rings. The van der Waals surface area contributed by atoms with Gasteiger partial charge in [-0.15, -0.1) is 0 Å². The summed E-state index contributed by atoms with van der Waals surface area (Å²) in [6, 6.07) is 10.1. The first kappa shape index (κ1) is 55.5. The molecule has 17 nitrogen and oxygen atoms in total. The van der Waals surface area contributed by atoms with E-state index in [0.29, 0.717) is 56.0 Å². The lowest BCUT2D eigenvalue weighted by atomic mass is 9.79. The van der Waals surface area contributed by atoms with Crippen molar-refractivity contribution < 1.29 is 48.7 Å². The number of esters is 1. The summed E-state index contributed by atoms with van der Waals surface area (Å²) in [4.78, 5) is 55.5. The van der Waals surface area contributed by atoms with Gasteiger partial charge in [-0.1, -0.05) is 90.1 Å². The van der Waals surface area contributed by atoms with Crippen LogP contribution in [0.2, 0.25) is 0 Å². The van der Waals surface area contributed by atoms with E-state index < -0.39 is 65.0 Å². The van der Waals surface area contributed by atoms with Gasteiger partial charge in [0.25, 0.3) is 11.7 Å². The predicted octanol–water partition coefficient (Wildman–Crippen LogP) is 6.76. The normalized spacial score (nSPS) is 28.1. The number of aliphatic hydroxyl groups is 1. The van der Waals surface area contributed by atoms with E-state index >= 15 is 0 Å². The van der Waals surface area contributed by atoms with E-state index in [9.17, 15) is 29.7 Å². The summed E-state index contributed by atoms with van der Waals surface area (Å²) in [6.07, 6.45) is 10.9. The summed E-state index contributed by atoms with van der Waals surface area (Å²) in [5.74, 6) is 0.617. The molecule has 5 heterocycles. The highest BCUT2D eigenvalue weighted by atomic mass is 16.7. The molecule has 0 saturated carbocycles. The zero-order chi connectivity index (χ0) is 53.8. The number of rotatable bonds is 11. The average Bonchev–Trinajstić information content (AvgIpc) is 3.85. The van der Waals surface area contributed by atoms with Gasteiger partial charge < -0.3 is 55.2 Å². The van der Waals surface area contributed by atoms with Gasteiger partial charge in [0.2, 0.25) is 0 Å². The number of aromatic hydroxyl groups is 2. The van der Waals surface area contributed by atoms with Crippen molar-refractivity contribution >= 4 is 34.1 Å². The van der Waals surface area contributed by atoms with Crippen molar-refractivity contribution in [2.75, 3.05) is 38.6 Å². The minimum Gasteiger partial charge on any atom is -0.507 e. The highest BCUT2D eigenvalue weighted by Gasteiger charge is 2.50. The number of carbonyl (C=O) groups excluding carboxylic acids is 3. The second-order valence-corrected chi connectivity index (χ2v) is 21.5. The Kier molecular flexibility index (Phi) is 17.3. The number of anilines is 1. The number of nitrogens with two attached hydrogens (primary N) is 2. The number of carbonyl (C=O) groups is 3. The number of benzene rings is 3. The van der Waals surface area contributed by atoms with E-state index in [1.807, 2.05) is 52.0 Å². The van der Waals surface area contributed by atoms with Gasteiger partial charge in [-0.3, -0.25) is 24.4 Å². The Hall–Kier alpha value is -6.27. The molecule has 0 radical (unpaired) electrons. The summed E-state index contributed by atoms with van der Waals surface area (Å²) in [5.41, 5.74) is 7.54. The Morgan fingerprint density at radius 3 is 2.38 bits per heavy atom. The third-order valence-electron chi connectivity index (χ3n) is 15.0. The number of fused-ring (bicyclic) bond motifs is 13. The molecule has 0 aromatic heterocycles. The molecule has 0 aliphatic carbocycles. The summed E-state index contributed by atoms with van der Waals surface area (Å²) in [5, 5.41) is 40.7. The minimum atomic E-state index is -1.98. The number of nitrogens with zero attached hydrogens (tertiary/aromatic N) is 4. The minimum absolute atomic E-state index is 0.0297.